The third-order valence-electron chi connectivity index (χ3n) is 1.95. The zero-order valence-corrected chi connectivity index (χ0v) is 7.07. The van der Waals surface area contributed by atoms with E-state index in [1.54, 1.807) is 0 Å². The number of aromatic nitrogens is 3. The molecule has 0 aliphatic carbocycles. The Morgan fingerprint density at radius 3 is 2.33 bits per heavy atom. The SMILES string of the molecule is Cc1ccc(C)c2nncnc12. The van der Waals surface area contributed by atoms with Crippen molar-refractivity contribution in [2.75, 3.05) is 0 Å². The van der Waals surface area contributed by atoms with E-state index in [9.17, 15) is 0 Å². The summed E-state index contributed by atoms with van der Waals surface area (Å²) in [6.45, 7) is 4.04. The lowest BCUT2D eigenvalue weighted by Gasteiger charge is -2.00. The maximum Gasteiger partial charge on any atom is 0.138 e. The minimum absolute atomic E-state index is 0.900. The Morgan fingerprint density at radius 2 is 1.67 bits per heavy atom. The average molecular weight is 159 g/mol. The van der Waals surface area contributed by atoms with Crippen molar-refractivity contribution < 1.29 is 0 Å². The van der Waals surface area contributed by atoms with E-state index in [-0.39, 0.29) is 0 Å². The maximum absolute atomic E-state index is 4.17. The summed E-state index contributed by atoms with van der Waals surface area (Å²) in [5, 5.41) is 7.78. The largest absolute Gasteiger partial charge is 0.232 e. The van der Waals surface area contributed by atoms with Gasteiger partial charge in [0, 0.05) is 0 Å². The van der Waals surface area contributed by atoms with Gasteiger partial charge in [-0.15, -0.1) is 10.2 Å². The van der Waals surface area contributed by atoms with Crippen molar-refractivity contribution in [1.82, 2.24) is 15.2 Å². The molecule has 0 atom stereocenters. The smallest absolute Gasteiger partial charge is 0.138 e. The van der Waals surface area contributed by atoms with Crippen molar-refractivity contribution in [3.8, 4) is 0 Å². The molecule has 0 unspecified atom stereocenters. The first-order chi connectivity index (χ1) is 5.79. The van der Waals surface area contributed by atoms with Crippen LogP contribution >= 0.6 is 0 Å². The predicted octanol–water partition coefficient (Wildman–Crippen LogP) is 1.64. The third kappa shape index (κ3) is 0.942. The summed E-state index contributed by atoms with van der Waals surface area (Å²) in [5.74, 6) is 0. The molecule has 2 aromatic rings. The van der Waals surface area contributed by atoms with E-state index in [0.29, 0.717) is 0 Å². The van der Waals surface area contributed by atoms with Gasteiger partial charge in [-0.2, -0.15) is 0 Å². The molecule has 0 amide bonds. The van der Waals surface area contributed by atoms with Gasteiger partial charge in [0.25, 0.3) is 0 Å². The zero-order valence-electron chi connectivity index (χ0n) is 7.07. The quantitative estimate of drug-likeness (QED) is 0.586. The second-order valence-electron chi connectivity index (χ2n) is 2.86. The Labute approximate surface area is 70.5 Å². The van der Waals surface area contributed by atoms with Gasteiger partial charge in [0.15, 0.2) is 0 Å². The fraction of sp³-hybridized carbons (Fsp3) is 0.222. The summed E-state index contributed by atoms with van der Waals surface area (Å²) in [4.78, 5) is 4.17. The van der Waals surface area contributed by atoms with Crippen LogP contribution in [-0.2, 0) is 0 Å². The average Bonchev–Trinajstić information content (AvgIpc) is 2.12. The van der Waals surface area contributed by atoms with Crippen LogP contribution < -0.4 is 0 Å². The standard InChI is InChI=1S/C9H9N3/c1-6-3-4-7(2)9-8(6)10-5-11-12-9/h3-5H,1-2H3. The third-order valence-corrected chi connectivity index (χ3v) is 1.95. The van der Waals surface area contributed by atoms with E-state index >= 15 is 0 Å². The Balaban J connectivity index is 2.95. The molecule has 12 heavy (non-hydrogen) atoms. The predicted molar refractivity (Wildman–Crippen MR) is 46.8 cm³/mol. The number of benzene rings is 1. The van der Waals surface area contributed by atoms with Gasteiger partial charge in [-0.05, 0) is 25.0 Å². The van der Waals surface area contributed by atoms with E-state index < -0.39 is 0 Å². The van der Waals surface area contributed by atoms with Gasteiger partial charge in [0.2, 0.25) is 0 Å². The zero-order chi connectivity index (χ0) is 8.55. The van der Waals surface area contributed by atoms with Crippen LogP contribution in [0, 0.1) is 13.8 Å². The number of nitrogens with zero attached hydrogens (tertiary/aromatic N) is 3. The lowest BCUT2D eigenvalue weighted by atomic mass is 10.1. The Morgan fingerprint density at radius 1 is 1.00 bits per heavy atom. The van der Waals surface area contributed by atoms with Gasteiger partial charge in [-0.3, -0.25) is 0 Å². The Bertz CT molecular complexity index is 383. The molecule has 0 saturated carbocycles. The molecule has 0 N–H and O–H groups in total. The number of rotatable bonds is 0. The van der Waals surface area contributed by atoms with Crippen LogP contribution in [0.2, 0.25) is 0 Å². The molecule has 0 aliphatic heterocycles. The van der Waals surface area contributed by atoms with Crippen molar-refractivity contribution in [3.05, 3.63) is 29.6 Å². The number of fused-ring (bicyclic) bond motifs is 1. The number of hydrogen-bond donors (Lipinski definition) is 0. The summed E-state index contributed by atoms with van der Waals surface area (Å²) < 4.78 is 0. The molecule has 1 heterocycles. The van der Waals surface area contributed by atoms with Gasteiger partial charge in [-0.1, -0.05) is 12.1 Å². The molecule has 0 radical (unpaired) electrons. The molecule has 0 bridgehead atoms. The first-order valence-corrected chi connectivity index (χ1v) is 3.82. The highest BCUT2D eigenvalue weighted by Gasteiger charge is 2.01. The lowest BCUT2D eigenvalue weighted by molar-refractivity contribution is 1.01. The maximum atomic E-state index is 4.17. The van der Waals surface area contributed by atoms with Crippen LogP contribution in [0.1, 0.15) is 11.1 Å². The van der Waals surface area contributed by atoms with Gasteiger partial charge in [-0.25, -0.2) is 4.98 Å². The molecule has 0 saturated heterocycles. The molecule has 60 valence electrons. The Kier molecular flexibility index (Phi) is 1.50. The van der Waals surface area contributed by atoms with Gasteiger partial charge in [0.05, 0.1) is 5.52 Å². The van der Waals surface area contributed by atoms with Gasteiger partial charge in [0.1, 0.15) is 11.8 Å². The van der Waals surface area contributed by atoms with Crippen molar-refractivity contribution >= 4 is 11.0 Å². The highest BCUT2D eigenvalue weighted by Crippen LogP contribution is 2.15. The van der Waals surface area contributed by atoms with E-state index in [2.05, 4.69) is 15.2 Å². The number of hydrogen-bond acceptors (Lipinski definition) is 3. The van der Waals surface area contributed by atoms with Crippen LogP contribution in [-0.4, -0.2) is 15.2 Å². The topological polar surface area (TPSA) is 38.7 Å². The van der Waals surface area contributed by atoms with Crippen LogP contribution in [0.5, 0.6) is 0 Å². The monoisotopic (exact) mass is 159 g/mol. The highest BCUT2D eigenvalue weighted by molar-refractivity contribution is 5.79. The molecule has 0 spiro atoms. The first-order valence-electron chi connectivity index (χ1n) is 3.82. The fourth-order valence-corrected chi connectivity index (χ4v) is 1.24. The van der Waals surface area contributed by atoms with E-state index in [4.69, 9.17) is 0 Å². The molecular formula is C9H9N3. The van der Waals surface area contributed by atoms with Crippen LogP contribution in [0.4, 0.5) is 0 Å². The summed E-state index contributed by atoms with van der Waals surface area (Å²) >= 11 is 0. The van der Waals surface area contributed by atoms with E-state index in [0.717, 1.165) is 22.2 Å². The molecular weight excluding hydrogens is 150 g/mol. The molecule has 0 aliphatic rings. The summed E-state index contributed by atoms with van der Waals surface area (Å²) in [5.41, 5.74) is 4.12. The molecule has 0 fully saturated rings. The normalized spacial score (nSPS) is 10.5. The fourth-order valence-electron chi connectivity index (χ4n) is 1.24. The Hall–Kier alpha value is -1.51. The van der Waals surface area contributed by atoms with E-state index in [1.165, 1.54) is 6.33 Å². The molecule has 3 nitrogen and oxygen atoms in total. The van der Waals surface area contributed by atoms with E-state index in [1.807, 2.05) is 26.0 Å². The van der Waals surface area contributed by atoms with Crippen molar-refractivity contribution in [2.45, 2.75) is 13.8 Å². The summed E-state index contributed by atoms with van der Waals surface area (Å²) in [6.07, 6.45) is 1.48. The van der Waals surface area contributed by atoms with Crippen molar-refractivity contribution in [3.63, 3.8) is 0 Å². The van der Waals surface area contributed by atoms with Crippen molar-refractivity contribution in [2.24, 2.45) is 0 Å². The molecule has 2 rings (SSSR count). The summed E-state index contributed by atoms with van der Waals surface area (Å²) in [7, 11) is 0. The second-order valence-corrected chi connectivity index (χ2v) is 2.86. The van der Waals surface area contributed by atoms with Gasteiger partial charge >= 0.3 is 0 Å². The van der Waals surface area contributed by atoms with Crippen molar-refractivity contribution in [1.29, 1.82) is 0 Å². The molecule has 1 aromatic heterocycles. The minimum atomic E-state index is 0.900. The molecule has 1 aromatic carbocycles. The second kappa shape index (κ2) is 2.52. The molecule has 3 heteroatoms. The van der Waals surface area contributed by atoms with Crippen LogP contribution in [0.3, 0.4) is 0 Å². The van der Waals surface area contributed by atoms with Crippen LogP contribution in [0.25, 0.3) is 11.0 Å². The minimum Gasteiger partial charge on any atom is -0.232 e. The highest BCUT2D eigenvalue weighted by atomic mass is 15.1. The van der Waals surface area contributed by atoms with Crippen LogP contribution in [0.15, 0.2) is 18.5 Å². The first kappa shape index (κ1) is 7.16. The number of aryl methyl sites for hydroxylation is 2. The van der Waals surface area contributed by atoms with Gasteiger partial charge < -0.3 is 0 Å². The summed E-state index contributed by atoms with van der Waals surface area (Å²) in [6, 6.07) is 4.08. The lowest BCUT2D eigenvalue weighted by Crippen LogP contribution is -1.91.